The molecule has 6 rings (SSSR count). The number of nitrogens with zero attached hydrogens (tertiary/aromatic N) is 4. The molecule has 2 fully saturated rings. The number of likely N-dealkylation sites (tertiary alicyclic amines) is 1. The van der Waals surface area contributed by atoms with Gasteiger partial charge in [0.05, 0.1) is 11.8 Å². The zero-order chi connectivity index (χ0) is 37.3. The maximum Gasteiger partial charge on any atom is 0.292 e. The quantitative estimate of drug-likeness (QED) is 0.131. The average molecular weight is 714 g/mol. The summed E-state index contributed by atoms with van der Waals surface area (Å²) in [4.78, 5) is 60.0. The van der Waals surface area contributed by atoms with Crippen molar-refractivity contribution >= 4 is 17.7 Å². The highest BCUT2D eigenvalue weighted by atomic mass is 16.3. The van der Waals surface area contributed by atoms with Crippen LogP contribution in [0.1, 0.15) is 92.3 Å². The second kappa shape index (κ2) is 17.6. The fourth-order valence-electron chi connectivity index (χ4n) is 7.82. The van der Waals surface area contributed by atoms with Crippen LogP contribution in [0.15, 0.2) is 90.4 Å². The normalized spacial score (nSPS) is 17.9. The number of amides is 3. The smallest absolute Gasteiger partial charge is 0.292 e. The first-order valence-electron chi connectivity index (χ1n) is 19.3. The number of carbonyl (C=O) groups is 3. The maximum absolute atomic E-state index is 13.6. The summed E-state index contributed by atoms with van der Waals surface area (Å²) in [5, 5.41) is 5.46. The molecule has 9 nitrogen and oxygen atoms in total. The van der Waals surface area contributed by atoms with Crippen molar-refractivity contribution in [2.45, 2.75) is 78.1 Å². The van der Waals surface area contributed by atoms with E-state index in [9.17, 15) is 19.3 Å². The van der Waals surface area contributed by atoms with Crippen molar-refractivity contribution in [2.75, 3.05) is 19.6 Å². The highest BCUT2D eigenvalue weighted by Crippen LogP contribution is 2.38. The molecule has 1 atom stereocenters. The van der Waals surface area contributed by atoms with E-state index in [4.69, 9.17) is 0 Å². The van der Waals surface area contributed by atoms with E-state index >= 15 is 0 Å². The number of benzene rings is 3. The molecule has 1 aliphatic heterocycles. The highest BCUT2D eigenvalue weighted by Gasteiger charge is 2.39. The number of carbonyl (C=O) groups excluding carboxylic acids is 3. The Morgan fingerprint density at radius 3 is 2.00 bits per heavy atom. The van der Waals surface area contributed by atoms with Crippen LogP contribution in [0.5, 0.6) is 0 Å². The summed E-state index contributed by atoms with van der Waals surface area (Å²) < 4.78 is 0. The van der Waals surface area contributed by atoms with Crippen molar-refractivity contribution in [3.05, 3.63) is 112 Å². The molecule has 1 saturated carbocycles. The largest absolute Gasteiger partial charge is 0.351 e. The van der Waals surface area contributed by atoms with E-state index in [1.165, 1.54) is 49.7 Å². The summed E-state index contributed by atoms with van der Waals surface area (Å²) in [6, 6.07) is 24.2. The van der Waals surface area contributed by atoms with E-state index in [1.807, 2.05) is 60.9 Å². The first-order valence-corrected chi connectivity index (χ1v) is 19.3. The molecule has 1 N–H and O–H groups in total. The van der Waals surface area contributed by atoms with E-state index in [1.54, 1.807) is 4.90 Å². The van der Waals surface area contributed by atoms with Gasteiger partial charge >= 0.3 is 0 Å². The second-order valence-electron chi connectivity index (χ2n) is 15.4. The van der Waals surface area contributed by atoms with E-state index < -0.39 is 17.7 Å². The topological polar surface area (TPSA) is 122 Å². The number of rotatable bonds is 14. The van der Waals surface area contributed by atoms with Gasteiger partial charge in [0.15, 0.2) is 5.82 Å². The lowest BCUT2D eigenvalue weighted by atomic mass is 9.77. The van der Waals surface area contributed by atoms with Gasteiger partial charge in [0.2, 0.25) is 5.91 Å². The van der Waals surface area contributed by atoms with Crippen LogP contribution in [0.25, 0.3) is 22.5 Å². The van der Waals surface area contributed by atoms with Gasteiger partial charge < -0.3 is 10.2 Å². The Labute approximate surface area is 313 Å². The number of hydrogen-bond acceptors (Lipinski definition) is 6. The van der Waals surface area contributed by atoms with E-state index in [0.717, 1.165) is 34.6 Å². The van der Waals surface area contributed by atoms with Crippen molar-refractivity contribution in [1.29, 1.82) is 0 Å². The Morgan fingerprint density at radius 2 is 1.40 bits per heavy atom. The average Bonchev–Trinajstić information content (AvgIpc) is 3.16. The molecule has 2 heterocycles. The molecular formula is C44H51N5O4. The second-order valence-corrected chi connectivity index (χ2v) is 15.4. The van der Waals surface area contributed by atoms with Crippen LogP contribution >= 0.6 is 0 Å². The lowest BCUT2D eigenvalue weighted by Gasteiger charge is -2.39. The molecule has 0 spiro atoms. The van der Waals surface area contributed by atoms with E-state index in [0.29, 0.717) is 29.6 Å². The van der Waals surface area contributed by atoms with Gasteiger partial charge in [-0.1, -0.05) is 94.3 Å². The van der Waals surface area contributed by atoms with Crippen molar-refractivity contribution in [1.82, 2.24) is 20.2 Å². The van der Waals surface area contributed by atoms with Crippen molar-refractivity contribution in [2.24, 2.45) is 28.8 Å². The minimum absolute atomic E-state index is 0.125. The monoisotopic (exact) mass is 713 g/mol. The fourth-order valence-corrected chi connectivity index (χ4v) is 7.82. The highest BCUT2D eigenvalue weighted by molar-refractivity contribution is 5.94. The van der Waals surface area contributed by atoms with Gasteiger partial charge in [-0.25, -0.2) is 9.97 Å². The van der Waals surface area contributed by atoms with Gasteiger partial charge in [-0.2, -0.15) is 0 Å². The molecule has 1 unspecified atom stereocenters. The first-order chi connectivity index (χ1) is 25.7. The predicted molar refractivity (Wildman–Crippen MR) is 208 cm³/mol. The standard InChI is InChI=1S/C44H51N5O4/c1-4-5-30-6-12-33(13-7-30)34-18-20-35(21-19-34)39-25-45-41(46-26-39)36-14-8-32(9-15-36)23-38(44(52)49-27-40(28-49)43(51)48-53)24-47-42(50)37-16-10-31(11-17-37)22-29(2)3/h8-11,14-21,25-26,29-30,33,38,40H,4-7,12-13,22-24,27-28H2,1-3H3,(H,47,50). The molecule has 0 radical (unpaired) electrons. The molecule has 1 aliphatic carbocycles. The Balaban J connectivity index is 1.08. The third-order valence-corrected chi connectivity index (χ3v) is 11.0. The molecule has 276 valence electrons. The lowest BCUT2D eigenvalue weighted by Crippen LogP contribution is -2.55. The van der Waals surface area contributed by atoms with Gasteiger partial charge in [0.25, 0.3) is 11.8 Å². The van der Waals surface area contributed by atoms with Gasteiger partial charge in [-0.3, -0.25) is 14.4 Å². The molecule has 53 heavy (non-hydrogen) atoms. The lowest BCUT2D eigenvalue weighted by molar-refractivity contribution is -0.145. The maximum atomic E-state index is 13.6. The molecule has 4 aromatic rings. The first kappa shape index (κ1) is 37.7. The molecule has 3 amide bonds. The number of aromatic nitrogens is 2. The van der Waals surface area contributed by atoms with Crippen LogP contribution < -0.4 is 5.32 Å². The van der Waals surface area contributed by atoms with Crippen LogP contribution in [0.4, 0.5) is 0 Å². The van der Waals surface area contributed by atoms with E-state index in [-0.39, 0.29) is 31.4 Å². The number of nitroso groups, excluding NO2 is 1. The third kappa shape index (κ3) is 9.69. The van der Waals surface area contributed by atoms with Gasteiger partial charge in [-0.05, 0) is 90.7 Å². The van der Waals surface area contributed by atoms with Gasteiger partial charge in [-0.15, -0.1) is 4.91 Å². The summed E-state index contributed by atoms with van der Waals surface area (Å²) in [5.74, 6) is 0.379. The summed E-state index contributed by atoms with van der Waals surface area (Å²) in [6.07, 6.45) is 12.9. The molecule has 2 aliphatic rings. The van der Waals surface area contributed by atoms with Crippen LogP contribution in [-0.2, 0) is 22.4 Å². The molecule has 1 aromatic heterocycles. The molecule has 0 bridgehead atoms. The predicted octanol–water partition coefficient (Wildman–Crippen LogP) is 8.42. The van der Waals surface area contributed by atoms with Crippen LogP contribution in [0, 0.1) is 28.6 Å². The zero-order valence-electron chi connectivity index (χ0n) is 31.2. The fraction of sp³-hybridized carbons (Fsp3) is 0.432. The van der Waals surface area contributed by atoms with Gasteiger partial charge in [0, 0.05) is 53.9 Å². The van der Waals surface area contributed by atoms with E-state index in [2.05, 4.69) is 65.5 Å². The van der Waals surface area contributed by atoms with Crippen molar-refractivity contribution in [3.8, 4) is 22.5 Å². The van der Waals surface area contributed by atoms with Crippen molar-refractivity contribution < 1.29 is 14.4 Å². The summed E-state index contributed by atoms with van der Waals surface area (Å²) in [7, 11) is 0. The molecule has 9 heteroatoms. The number of nitrogens with one attached hydrogen (secondary N) is 1. The molecular weight excluding hydrogens is 663 g/mol. The van der Waals surface area contributed by atoms with Crippen molar-refractivity contribution in [3.63, 3.8) is 0 Å². The summed E-state index contributed by atoms with van der Waals surface area (Å²) >= 11 is 0. The van der Waals surface area contributed by atoms with Gasteiger partial charge in [0.1, 0.15) is 0 Å². The SMILES string of the molecule is CCCC1CCC(c2ccc(-c3cnc(-c4ccc(CC(CNC(=O)c5ccc(CC(C)C)cc5)C(=O)N5CC(C(=O)N=O)C5)cc4)nc3)cc2)CC1. The number of hydrogen-bond donors (Lipinski definition) is 1. The third-order valence-electron chi connectivity index (χ3n) is 11.0. The van der Waals surface area contributed by atoms with Crippen LogP contribution in [0.2, 0.25) is 0 Å². The Bertz CT molecular complexity index is 1840. The zero-order valence-corrected chi connectivity index (χ0v) is 31.2. The minimum Gasteiger partial charge on any atom is -0.351 e. The Morgan fingerprint density at radius 1 is 0.792 bits per heavy atom. The Kier molecular flexibility index (Phi) is 12.6. The summed E-state index contributed by atoms with van der Waals surface area (Å²) in [6.45, 7) is 7.03. The molecule has 1 saturated heterocycles. The van der Waals surface area contributed by atoms with Crippen LogP contribution in [0.3, 0.4) is 0 Å². The Hall–Kier alpha value is -5.05. The van der Waals surface area contributed by atoms with Crippen LogP contribution in [-0.4, -0.2) is 52.2 Å². The molecule has 3 aromatic carbocycles. The minimum atomic E-state index is -0.737. The summed E-state index contributed by atoms with van der Waals surface area (Å²) in [5.41, 5.74) is 6.97.